The van der Waals surface area contributed by atoms with Crippen LogP contribution >= 0.6 is 0 Å². The maximum Gasteiger partial charge on any atom is 0.258 e. The topological polar surface area (TPSA) is 41.6 Å². The number of methoxy groups -OCH3 is 1. The lowest BCUT2D eigenvalue weighted by Gasteiger charge is -2.30. The van der Waals surface area contributed by atoms with Gasteiger partial charge in [0.1, 0.15) is 5.75 Å². The molecule has 0 aromatic heterocycles. The molecule has 2 heterocycles. The maximum atomic E-state index is 13.5. The van der Waals surface area contributed by atoms with E-state index in [1.54, 1.807) is 7.11 Å². The Labute approximate surface area is 155 Å². The smallest absolute Gasteiger partial charge is 0.258 e. The molecule has 0 aliphatic carbocycles. The summed E-state index contributed by atoms with van der Waals surface area (Å²) in [5.74, 6) is 1.71. The molecule has 2 saturated heterocycles. The highest BCUT2D eigenvalue weighted by Crippen LogP contribution is 2.44. The van der Waals surface area contributed by atoms with Crippen LogP contribution in [-0.4, -0.2) is 37.6 Å². The van der Waals surface area contributed by atoms with E-state index < -0.39 is 0 Å². The van der Waals surface area contributed by atoms with Gasteiger partial charge in [-0.3, -0.25) is 4.79 Å². The molecular formula is C22H26N2O2. The first-order chi connectivity index (χ1) is 12.6. The van der Waals surface area contributed by atoms with Crippen molar-refractivity contribution >= 4 is 5.91 Å². The second kappa shape index (κ2) is 6.76. The molecule has 1 amide bonds. The minimum atomic E-state index is 0.0770. The molecule has 136 valence electrons. The minimum absolute atomic E-state index is 0.0770. The zero-order chi connectivity index (χ0) is 18.3. The third-order valence-electron chi connectivity index (χ3n) is 5.92. The van der Waals surface area contributed by atoms with Crippen LogP contribution in [0.3, 0.4) is 0 Å². The van der Waals surface area contributed by atoms with Crippen molar-refractivity contribution in [2.75, 3.05) is 26.7 Å². The largest absolute Gasteiger partial charge is 0.496 e. The number of nitrogens with one attached hydrogen (secondary N) is 1. The molecule has 4 heteroatoms. The minimum Gasteiger partial charge on any atom is -0.496 e. The van der Waals surface area contributed by atoms with E-state index in [0.717, 1.165) is 25.2 Å². The van der Waals surface area contributed by atoms with Crippen molar-refractivity contribution in [3.63, 3.8) is 0 Å². The van der Waals surface area contributed by atoms with Crippen molar-refractivity contribution in [1.82, 2.24) is 10.2 Å². The summed E-state index contributed by atoms with van der Waals surface area (Å²) in [6.45, 7) is 6.91. The van der Waals surface area contributed by atoms with Gasteiger partial charge >= 0.3 is 0 Å². The number of ether oxygens (including phenoxy) is 1. The zero-order valence-electron chi connectivity index (χ0n) is 15.7. The van der Waals surface area contributed by atoms with Crippen LogP contribution in [0, 0.1) is 25.7 Å². The van der Waals surface area contributed by atoms with Crippen LogP contribution in [0.1, 0.15) is 33.1 Å². The van der Waals surface area contributed by atoms with Crippen molar-refractivity contribution in [2.45, 2.75) is 19.9 Å². The normalized spacial score (nSPS) is 24.6. The van der Waals surface area contributed by atoms with E-state index in [9.17, 15) is 4.79 Å². The summed E-state index contributed by atoms with van der Waals surface area (Å²) < 4.78 is 5.48. The van der Waals surface area contributed by atoms with E-state index in [0.29, 0.717) is 23.1 Å². The molecule has 0 bridgehead atoms. The molecule has 2 aromatic rings. The molecule has 3 atom stereocenters. The molecule has 2 aromatic carbocycles. The highest BCUT2D eigenvalue weighted by atomic mass is 16.5. The van der Waals surface area contributed by atoms with Gasteiger partial charge in [0.2, 0.25) is 0 Å². The molecule has 0 spiro atoms. The van der Waals surface area contributed by atoms with E-state index in [-0.39, 0.29) is 11.9 Å². The number of rotatable bonds is 3. The molecule has 2 aliphatic heterocycles. The summed E-state index contributed by atoms with van der Waals surface area (Å²) in [5.41, 5.74) is 4.25. The molecule has 0 radical (unpaired) electrons. The number of fused-ring (bicyclic) bond motifs is 1. The fraction of sp³-hybridized carbons (Fsp3) is 0.409. The number of benzene rings is 2. The summed E-state index contributed by atoms with van der Waals surface area (Å²) in [6, 6.07) is 14.4. The molecule has 0 unspecified atom stereocenters. The maximum absolute atomic E-state index is 13.5. The highest BCUT2D eigenvalue weighted by Gasteiger charge is 2.47. The number of likely N-dealkylation sites (tertiary alicyclic amines) is 1. The Morgan fingerprint density at radius 1 is 1.15 bits per heavy atom. The summed E-state index contributed by atoms with van der Waals surface area (Å²) >= 11 is 0. The second-order valence-electron chi connectivity index (χ2n) is 7.54. The van der Waals surface area contributed by atoms with Crippen LogP contribution in [0.15, 0.2) is 42.5 Å². The van der Waals surface area contributed by atoms with Crippen molar-refractivity contribution in [3.8, 4) is 5.75 Å². The summed E-state index contributed by atoms with van der Waals surface area (Å²) in [5, 5.41) is 3.51. The van der Waals surface area contributed by atoms with Gasteiger partial charge < -0.3 is 15.0 Å². The highest BCUT2D eigenvalue weighted by molar-refractivity contribution is 5.97. The number of hydrogen-bond acceptors (Lipinski definition) is 3. The molecule has 0 saturated carbocycles. The average Bonchev–Trinajstić information content (AvgIpc) is 3.23. The first-order valence-electron chi connectivity index (χ1n) is 9.32. The third kappa shape index (κ3) is 2.78. The third-order valence-corrected chi connectivity index (χ3v) is 5.92. The van der Waals surface area contributed by atoms with Crippen molar-refractivity contribution in [3.05, 3.63) is 64.7 Å². The SMILES string of the molecule is COc1ccc(C)cc1C(=O)N1C[C@@H]2CNC[C@@H]2[C@H]1c1ccccc1C. The standard InChI is InChI=1S/C22H26N2O2/c1-14-8-9-20(26-3)18(10-14)22(25)24-13-16-11-23-12-19(16)21(24)17-7-5-4-6-15(17)2/h4-10,16,19,21,23H,11-13H2,1-3H3/t16-,19-,21+/m0/s1. The number of carbonyl (C=O) groups excluding carboxylic acids is 1. The number of nitrogens with zero attached hydrogens (tertiary/aromatic N) is 1. The Kier molecular flexibility index (Phi) is 4.45. The average molecular weight is 350 g/mol. The Balaban J connectivity index is 1.76. The Hall–Kier alpha value is -2.33. The predicted octanol–water partition coefficient (Wildman–Crippen LogP) is 3.34. The van der Waals surface area contributed by atoms with Gasteiger partial charge in [-0.15, -0.1) is 0 Å². The van der Waals surface area contributed by atoms with Crippen LogP contribution < -0.4 is 10.1 Å². The number of hydrogen-bond donors (Lipinski definition) is 1. The molecule has 2 fully saturated rings. The Morgan fingerprint density at radius 2 is 1.96 bits per heavy atom. The van der Waals surface area contributed by atoms with Crippen LogP contribution in [-0.2, 0) is 0 Å². The fourth-order valence-corrected chi connectivity index (χ4v) is 4.59. The van der Waals surface area contributed by atoms with Crippen molar-refractivity contribution in [1.29, 1.82) is 0 Å². The zero-order valence-corrected chi connectivity index (χ0v) is 15.7. The first-order valence-corrected chi connectivity index (χ1v) is 9.32. The predicted molar refractivity (Wildman–Crippen MR) is 103 cm³/mol. The fourth-order valence-electron chi connectivity index (χ4n) is 4.59. The van der Waals surface area contributed by atoms with Gasteiger partial charge in [-0.1, -0.05) is 35.9 Å². The van der Waals surface area contributed by atoms with Gasteiger partial charge in [-0.2, -0.15) is 0 Å². The van der Waals surface area contributed by atoms with E-state index >= 15 is 0 Å². The van der Waals surface area contributed by atoms with E-state index in [2.05, 4.69) is 41.4 Å². The van der Waals surface area contributed by atoms with Gasteiger partial charge in [0.25, 0.3) is 5.91 Å². The van der Waals surface area contributed by atoms with E-state index in [1.165, 1.54) is 11.1 Å². The Morgan fingerprint density at radius 3 is 2.73 bits per heavy atom. The monoisotopic (exact) mass is 350 g/mol. The Bertz CT molecular complexity index is 833. The number of amides is 1. The van der Waals surface area contributed by atoms with Crippen molar-refractivity contribution < 1.29 is 9.53 Å². The van der Waals surface area contributed by atoms with Gasteiger partial charge in [0, 0.05) is 25.6 Å². The summed E-state index contributed by atoms with van der Waals surface area (Å²) in [4.78, 5) is 15.6. The van der Waals surface area contributed by atoms with Crippen LogP contribution in [0.5, 0.6) is 5.75 Å². The molecule has 26 heavy (non-hydrogen) atoms. The molecule has 4 nitrogen and oxygen atoms in total. The summed E-state index contributed by atoms with van der Waals surface area (Å²) in [6.07, 6.45) is 0. The molecule has 2 aliphatic rings. The van der Waals surface area contributed by atoms with Gasteiger partial charge in [-0.25, -0.2) is 0 Å². The lowest BCUT2D eigenvalue weighted by atomic mass is 9.87. The lowest BCUT2D eigenvalue weighted by Crippen LogP contribution is -2.35. The lowest BCUT2D eigenvalue weighted by molar-refractivity contribution is 0.0710. The van der Waals surface area contributed by atoms with E-state index in [1.807, 2.05) is 25.1 Å². The second-order valence-corrected chi connectivity index (χ2v) is 7.54. The first kappa shape index (κ1) is 17.1. The quantitative estimate of drug-likeness (QED) is 0.923. The molecule has 1 N–H and O–H groups in total. The van der Waals surface area contributed by atoms with Crippen LogP contribution in [0.25, 0.3) is 0 Å². The van der Waals surface area contributed by atoms with E-state index in [4.69, 9.17) is 4.74 Å². The number of carbonyl (C=O) groups is 1. The van der Waals surface area contributed by atoms with Gasteiger partial charge in [-0.05, 0) is 43.0 Å². The van der Waals surface area contributed by atoms with Crippen molar-refractivity contribution in [2.24, 2.45) is 11.8 Å². The number of aryl methyl sites for hydroxylation is 2. The van der Waals surface area contributed by atoms with Crippen LogP contribution in [0.2, 0.25) is 0 Å². The van der Waals surface area contributed by atoms with Gasteiger partial charge in [0.15, 0.2) is 0 Å². The molecule has 4 rings (SSSR count). The molecular weight excluding hydrogens is 324 g/mol. The van der Waals surface area contributed by atoms with Crippen LogP contribution in [0.4, 0.5) is 0 Å². The van der Waals surface area contributed by atoms with Gasteiger partial charge in [0.05, 0.1) is 18.7 Å². The summed E-state index contributed by atoms with van der Waals surface area (Å²) in [7, 11) is 1.63.